The van der Waals surface area contributed by atoms with Crippen LogP contribution in [0.3, 0.4) is 0 Å². The summed E-state index contributed by atoms with van der Waals surface area (Å²) in [7, 11) is 0. The monoisotopic (exact) mass is 287 g/mol. The summed E-state index contributed by atoms with van der Waals surface area (Å²) in [6, 6.07) is 0.891. The van der Waals surface area contributed by atoms with Gasteiger partial charge in [0.2, 0.25) is 0 Å². The molecule has 5 nitrogen and oxygen atoms in total. The second-order valence-electron chi connectivity index (χ2n) is 5.73. The molecule has 0 fully saturated rings. The van der Waals surface area contributed by atoms with Gasteiger partial charge in [-0.2, -0.15) is 27.8 Å². The molecule has 0 aliphatic carbocycles. The van der Waals surface area contributed by atoms with E-state index < -0.39 is 11.9 Å². The van der Waals surface area contributed by atoms with E-state index >= 15 is 0 Å². The van der Waals surface area contributed by atoms with Gasteiger partial charge in [-0.25, -0.2) is 4.98 Å². The second kappa shape index (κ2) is 4.60. The van der Waals surface area contributed by atoms with Gasteiger partial charge in [0, 0.05) is 12.1 Å². The molecule has 0 aliphatic heterocycles. The largest absolute Gasteiger partial charge is 0.433 e. The van der Waals surface area contributed by atoms with Crippen LogP contribution in [-0.2, 0) is 6.18 Å². The molecule has 0 bridgehead atoms. The van der Waals surface area contributed by atoms with Crippen molar-refractivity contribution in [2.75, 3.05) is 5.32 Å². The highest BCUT2D eigenvalue weighted by Crippen LogP contribution is 2.30. The average molecular weight is 287 g/mol. The third kappa shape index (κ3) is 2.83. The predicted molar refractivity (Wildman–Crippen MR) is 68.3 cm³/mol. The van der Waals surface area contributed by atoms with Crippen molar-refractivity contribution in [1.82, 2.24) is 19.6 Å². The lowest BCUT2D eigenvalue weighted by atomic mass is 9.88. The number of rotatable bonds is 2. The maximum absolute atomic E-state index is 12.8. The Morgan fingerprint density at radius 1 is 1.25 bits per heavy atom. The summed E-state index contributed by atoms with van der Waals surface area (Å²) in [6.07, 6.45) is -3.34. The predicted octanol–water partition coefficient (Wildman–Crippen LogP) is 2.99. The molecular weight excluding hydrogens is 271 g/mol. The average Bonchev–Trinajstić information content (AvgIpc) is 2.74. The van der Waals surface area contributed by atoms with E-state index in [0.29, 0.717) is 0 Å². The summed E-state index contributed by atoms with van der Waals surface area (Å²) in [5.41, 5.74) is -1.10. The smallest absolute Gasteiger partial charge is 0.367 e. The van der Waals surface area contributed by atoms with Crippen molar-refractivity contribution in [3.05, 3.63) is 18.1 Å². The van der Waals surface area contributed by atoms with Crippen LogP contribution in [-0.4, -0.2) is 25.6 Å². The van der Waals surface area contributed by atoms with Crippen LogP contribution < -0.4 is 5.32 Å². The fraction of sp³-hybridized carbons (Fsp3) is 0.583. The minimum absolute atomic E-state index is 0.0571. The Morgan fingerprint density at radius 2 is 1.90 bits per heavy atom. The Balaban J connectivity index is 2.48. The van der Waals surface area contributed by atoms with Crippen molar-refractivity contribution in [3.8, 4) is 0 Å². The number of nitrogens with zero attached hydrogens (tertiary/aromatic N) is 4. The first-order valence-electron chi connectivity index (χ1n) is 6.13. The molecule has 0 saturated carbocycles. The van der Waals surface area contributed by atoms with E-state index in [9.17, 15) is 13.2 Å². The molecule has 2 aromatic heterocycles. The van der Waals surface area contributed by atoms with Crippen LogP contribution in [0.5, 0.6) is 0 Å². The standard InChI is InChI=1S/C12H16F3N5/c1-7(11(2,3)4)18-9-5-8(12(13,14)15)19-10-16-6-17-20(9)10/h5-7,18H,1-4H3. The number of nitrogens with one attached hydrogen (secondary N) is 1. The molecule has 110 valence electrons. The molecule has 0 saturated heterocycles. The minimum atomic E-state index is -4.52. The number of anilines is 1. The summed E-state index contributed by atoms with van der Waals surface area (Å²) in [4.78, 5) is 7.18. The fourth-order valence-electron chi connectivity index (χ4n) is 1.50. The van der Waals surface area contributed by atoms with Crippen molar-refractivity contribution < 1.29 is 13.2 Å². The molecule has 1 N–H and O–H groups in total. The summed E-state index contributed by atoms with van der Waals surface area (Å²) >= 11 is 0. The lowest BCUT2D eigenvalue weighted by Crippen LogP contribution is -2.32. The molecular formula is C12H16F3N5. The lowest BCUT2D eigenvalue weighted by Gasteiger charge is -2.29. The quantitative estimate of drug-likeness (QED) is 0.922. The molecule has 1 atom stereocenters. The molecule has 2 rings (SSSR count). The van der Waals surface area contributed by atoms with Crippen LogP contribution in [0.4, 0.5) is 19.0 Å². The molecule has 0 aromatic carbocycles. The van der Waals surface area contributed by atoms with E-state index in [1.165, 1.54) is 10.8 Å². The Bertz CT molecular complexity index is 612. The molecule has 20 heavy (non-hydrogen) atoms. The third-order valence-corrected chi connectivity index (χ3v) is 3.21. The van der Waals surface area contributed by atoms with E-state index in [2.05, 4.69) is 20.4 Å². The third-order valence-electron chi connectivity index (χ3n) is 3.21. The van der Waals surface area contributed by atoms with Gasteiger partial charge in [-0.1, -0.05) is 20.8 Å². The van der Waals surface area contributed by atoms with Gasteiger partial charge < -0.3 is 5.32 Å². The van der Waals surface area contributed by atoms with E-state index in [4.69, 9.17) is 0 Å². The van der Waals surface area contributed by atoms with Crippen molar-refractivity contribution in [1.29, 1.82) is 0 Å². The fourth-order valence-corrected chi connectivity index (χ4v) is 1.50. The summed E-state index contributed by atoms with van der Waals surface area (Å²) < 4.78 is 39.7. The second-order valence-corrected chi connectivity index (χ2v) is 5.73. The Kier molecular flexibility index (Phi) is 3.35. The van der Waals surface area contributed by atoms with Gasteiger partial charge in [-0.3, -0.25) is 0 Å². The number of hydrogen-bond acceptors (Lipinski definition) is 4. The van der Waals surface area contributed by atoms with Gasteiger partial charge in [0.05, 0.1) is 0 Å². The van der Waals surface area contributed by atoms with Gasteiger partial charge in [0.25, 0.3) is 5.78 Å². The maximum Gasteiger partial charge on any atom is 0.433 e. The lowest BCUT2D eigenvalue weighted by molar-refractivity contribution is -0.141. The molecule has 0 amide bonds. The number of halogens is 3. The maximum atomic E-state index is 12.8. The highest BCUT2D eigenvalue weighted by atomic mass is 19.4. The number of hydrogen-bond donors (Lipinski definition) is 1. The van der Waals surface area contributed by atoms with Gasteiger partial charge in [0.1, 0.15) is 12.1 Å². The molecule has 2 aromatic rings. The summed E-state index contributed by atoms with van der Waals surface area (Å²) in [5.74, 6) is 0.144. The number of fused-ring (bicyclic) bond motifs is 1. The van der Waals surface area contributed by atoms with Crippen LogP contribution in [0.1, 0.15) is 33.4 Å². The Hall–Kier alpha value is -1.86. The van der Waals surface area contributed by atoms with Crippen LogP contribution in [0.25, 0.3) is 5.78 Å². The van der Waals surface area contributed by atoms with Gasteiger partial charge >= 0.3 is 6.18 Å². The van der Waals surface area contributed by atoms with Crippen molar-refractivity contribution in [3.63, 3.8) is 0 Å². The van der Waals surface area contributed by atoms with Crippen LogP contribution >= 0.6 is 0 Å². The highest BCUT2D eigenvalue weighted by molar-refractivity contribution is 5.46. The first-order valence-corrected chi connectivity index (χ1v) is 6.13. The summed E-state index contributed by atoms with van der Waals surface area (Å²) in [6.45, 7) is 7.88. The van der Waals surface area contributed by atoms with E-state index in [-0.39, 0.29) is 23.1 Å². The first kappa shape index (κ1) is 14.5. The zero-order valence-corrected chi connectivity index (χ0v) is 11.7. The van der Waals surface area contributed by atoms with Crippen molar-refractivity contribution in [2.24, 2.45) is 5.41 Å². The molecule has 8 heteroatoms. The van der Waals surface area contributed by atoms with E-state index in [1.807, 2.05) is 27.7 Å². The zero-order valence-electron chi connectivity index (χ0n) is 11.7. The Morgan fingerprint density at radius 3 is 2.45 bits per heavy atom. The van der Waals surface area contributed by atoms with Gasteiger partial charge in [0.15, 0.2) is 5.69 Å². The van der Waals surface area contributed by atoms with Gasteiger partial charge in [-0.15, -0.1) is 0 Å². The topological polar surface area (TPSA) is 55.1 Å². The minimum Gasteiger partial charge on any atom is -0.367 e. The van der Waals surface area contributed by atoms with Crippen LogP contribution in [0, 0.1) is 5.41 Å². The van der Waals surface area contributed by atoms with Crippen LogP contribution in [0.2, 0.25) is 0 Å². The first-order chi connectivity index (χ1) is 9.09. The van der Waals surface area contributed by atoms with Gasteiger partial charge in [-0.05, 0) is 12.3 Å². The molecule has 0 spiro atoms. The molecule has 0 radical (unpaired) electrons. The molecule has 2 heterocycles. The molecule has 0 aliphatic rings. The van der Waals surface area contributed by atoms with Crippen molar-refractivity contribution in [2.45, 2.75) is 39.9 Å². The normalized spacial score (nSPS) is 14.6. The van der Waals surface area contributed by atoms with E-state index in [0.717, 1.165) is 6.07 Å². The van der Waals surface area contributed by atoms with Crippen LogP contribution in [0.15, 0.2) is 12.4 Å². The summed E-state index contributed by atoms with van der Waals surface area (Å²) in [5, 5.41) is 6.93. The van der Waals surface area contributed by atoms with E-state index in [1.54, 1.807) is 0 Å². The highest BCUT2D eigenvalue weighted by Gasteiger charge is 2.34. The number of aromatic nitrogens is 4. The number of alkyl halides is 3. The Labute approximate surface area is 114 Å². The molecule has 1 unspecified atom stereocenters. The van der Waals surface area contributed by atoms with Crippen molar-refractivity contribution >= 4 is 11.6 Å². The zero-order chi connectivity index (χ0) is 15.1. The SMILES string of the molecule is CC(Nc1cc(C(F)(F)F)nc2ncnn12)C(C)(C)C.